The molecule has 1 aromatic heterocycles. The van der Waals surface area contributed by atoms with Gasteiger partial charge in [-0.1, -0.05) is 24.3 Å². The van der Waals surface area contributed by atoms with E-state index < -0.39 is 17.9 Å². The Hall–Kier alpha value is -3.39. The summed E-state index contributed by atoms with van der Waals surface area (Å²) < 4.78 is 18.8. The van der Waals surface area contributed by atoms with Gasteiger partial charge in [-0.05, 0) is 48.9 Å². The number of benzene rings is 2. The number of amides is 3. The van der Waals surface area contributed by atoms with Crippen LogP contribution in [0.1, 0.15) is 28.2 Å². The van der Waals surface area contributed by atoms with Gasteiger partial charge in [0, 0.05) is 5.69 Å². The van der Waals surface area contributed by atoms with Crippen LogP contribution in [-0.2, 0) is 0 Å². The van der Waals surface area contributed by atoms with Gasteiger partial charge in [-0.15, -0.1) is 11.3 Å². The first-order valence-corrected chi connectivity index (χ1v) is 9.65. The summed E-state index contributed by atoms with van der Waals surface area (Å²) in [5.41, 5.74) is 1.29. The maximum Gasteiger partial charge on any atom is 0.324 e. The molecule has 0 aliphatic rings. The first-order chi connectivity index (χ1) is 14.0. The molecule has 0 bridgehead atoms. The Morgan fingerprint density at radius 2 is 1.79 bits per heavy atom. The van der Waals surface area contributed by atoms with Crippen LogP contribution in [-0.4, -0.2) is 19.0 Å². The predicted octanol–water partition coefficient (Wildman–Crippen LogP) is 5.03. The largest absolute Gasteiger partial charge is 0.494 e. The number of urea groups is 1. The highest BCUT2D eigenvalue weighted by molar-refractivity contribution is 7.18. The molecule has 1 heterocycles. The van der Waals surface area contributed by atoms with Gasteiger partial charge >= 0.3 is 6.03 Å². The minimum Gasteiger partial charge on any atom is -0.494 e. The third-order valence-corrected chi connectivity index (χ3v) is 5.12. The van der Waals surface area contributed by atoms with Gasteiger partial charge in [0.1, 0.15) is 0 Å². The Morgan fingerprint density at radius 3 is 2.48 bits per heavy atom. The maximum absolute atomic E-state index is 13.9. The van der Waals surface area contributed by atoms with Crippen molar-refractivity contribution in [1.29, 1.82) is 0 Å². The van der Waals surface area contributed by atoms with Gasteiger partial charge in [-0.2, -0.15) is 0 Å². The van der Waals surface area contributed by atoms with E-state index in [2.05, 4.69) is 16.0 Å². The van der Waals surface area contributed by atoms with Gasteiger partial charge in [0.25, 0.3) is 5.91 Å². The Kier molecular flexibility index (Phi) is 6.46. The quantitative estimate of drug-likeness (QED) is 0.530. The van der Waals surface area contributed by atoms with Gasteiger partial charge in [0.15, 0.2) is 11.6 Å². The van der Waals surface area contributed by atoms with Gasteiger partial charge < -0.3 is 15.4 Å². The van der Waals surface area contributed by atoms with E-state index in [4.69, 9.17) is 4.74 Å². The molecule has 0 radical (unpaired) electrons. The van der Waals surface area contributed by atoms with Gasteiger partial charge in [0.2, 0.25) is 0 Å². The molecule has 2 aromatic carbocycles. The first-order valence-electron chi connectivity index (χ1n) is 8.83. The van der Waals surface area contributed by atoms with E-state index in [0.717, 1.165) is 11.3 Å². The van der Waals surface area contributed by atoms with E-state index in [0.29, 0.717) is 21.1 Å². The van der Waals surface area contributed by atoms with E-state index in [1.807, 2.05) is 18.2 Å². The molecule has 1 atom stereocenters. The number of nitrogens with one attached hydrogen (secondary N) is 3. The number of anilines is 2. The Morgan fingerprint density at radius 1 is 1.03 bits per heavy atom. The third kappa shape index (κ3) is 5.32. The molecule has 3 rings (SSSR count). The molecule has 29 heavy (non-hydrogen) atoms. The molecule has 0 saturated heterocycles. The fourth-order valence-corrected chi connectivity index (χ4v) is 3.43. The standard InChI is InChI=1S/C21H20FN3O3S/c1-13(14-8-9-17(28-2)16(22)12-14)23-20(26)18-10-11-19(29-18)25-21(27)24-15-6-4-3-5-7-15/h3-13H,1-2H3,(H,23,26)(H2,24,25,27). The lowest BCUT2D eigenvalue weighted by molar-refractivity contribution is 0.0944. The van der Waals surface area contributed by atoms with E-state index in [9.17, 15) is 14.0 Å². The smallest absolute Gasteiger partial charge is 0.324 e. The van der Waals surface area contributed by atoms with Gasteiger partial charge in [-0.25, -0.2) is 9.18 Å². The van der Waals surface area contributed by atoms with Gasteiger partial charge in [0.05, 0.1) is 23.0 Å². The minimum atomic E-state index is -0.488. The number of para-hydroxylation sites is 1. The molecular formula is C21H20FN3O3S. The molecule has 8 heteroatoms. The van der Waals surface area contributed by atoms with Crippen molar-refractivity contribution >= 4 is 34.0 Å². The molecule has 0 aliphatic heterocycles. The van der Waals surface area contributed by atoms with Crippen molar-refractivity contribution in [2.45, 2.75) is 13.0 Å². The molecule has 3 N–H and O–H groups in total. The average molecular weight is 413 g/mol. The topological polar surface area (TPSA) is 79.5 Å². The molecule has 0 aliphatic carbocycles. The second kappa shape index (κ2) is 9.20. The van der Waals surface area contributed by atoms with Crippen LogP contribution in [0, 0.1) is 5.82 Å². The van der Waals surface area contributed by atoms with Crippen molar-refractivity contribution in [1.82, 2.24) is 5.32 Å². The highest BCUT2D eigenvalue weighted by Crippen LogP contribution is 2.25. The first kappa shape index (κ1) is 20.3. The number of halogens is 1. The van der Waals surface area contributed by atoms with Crippen LogP contribution in [0.3, 0.4) is 0 Å². The highest BCUT2D eigenvalue weighted by Gasteiger charge is 2.16. The van der Waals surface area contributed by atoms with E-state index in [1.165, 1.54) is 19.2 Å². The van der Waals surface area contributed by atoms with Crippen LogP contribution in [0.15, 0.2) is 60.7 Å². The molecular weight excluding hydrogens is 393 g/mol. The Bertz CT molecular complexity index is 1010. The molecule has 3 amide bonds. The van der Waals surface area contributed by atoms with Gasteiger partial charge in [-0.3, -0.25) is 10.1 Å². The van der Waals surface area contributed by atoms with Crippen LogP contribution in [0.25, 0.3) is 0 Å². The van der Waals surface area contributed by atoms with E-state index in [1.54, 1.807) is 37.3 Å². The SMILES string of the molecule is COc1ccc(C(C)NC(=O)c2ccc(NC(=O)Nc3ccccc3)s2)cc1F. The predicted molar refractivity (Wildman–Crippen MR) is 112 cm³/mol. The molecule has 0 fully saturated rings. The average Bonchev–Trinajstić information content (AvgIpc) is 3.17. The molecule has 150 valence electrons. The molecule has 1 unspecified atom stereocenters. The van der Waals surface area contributed by atoms with Crippen LogP contribution < -0.4 is 20.7 Å². The Balaban J connectivity index is 1.58. The highest BCUT2D eigenvalue weighted by atomic mass is 32.1. The zero-order valence-corrected chi connectivity index (χ0v) is 16.7. The number of hydrogen-bond donors (Lipinski definition) is 3. The number of hydrogen-bond acceptors (Lipinski definition) is 4. The summed E-state index contributed by atoms with van der Waals surface area (Å²) in [6.45, 7) is 1.76. The summed E-state index contributed by atoms with van der Waals surface area (Å²) in [6, 6.07) is 16.1. The third-order valence-electron chi connectivity index (χ3n) is 4.12. The maximum atomic E-state index is 13.9. The number of carbonyl (C=O) groups excluding carboxylic acids is 2. The zero-order valence-electron chi connectivity index (χ0n) is 15.9. The fraction of sp³-hybridized carbons (Fsp3) is 0.143. The van der Waals surface area contributed by atoms with Crippen molar-refractivity contribution in [3.05, 3.63) is 76.9 Å². The summed E-state index contributed by atoms with van der Waals surface area (Å²) in [5.74, 6) is -0.650. The van der Waals surface area contributed by atoms with Crippen molar-refractivity contribution in [3.8, 4) is 5.75 Å². The second-order valence-corrected chi connectivity index (χ2v) is 7.28. The number of carbonyl (C=O) groups is 2. The molecule has 0 spiro atoms. The van der Waals surface area contributed by atoms with Crippen molar-refractivity contribution in [2.75, 3.05) is 17.7 Å². The number of ether oxygens (including phenoxy) is 1. The van der Waals surface area contributed by atoms with Crippen LogP contribution in [0.2, 0.25) is 0 Å². The molecule has 6 nitrogen and oxygen atoms in total. The van der Waals surface area contributed by atoms with E-state index in [-0.39, 0.29) is 11.7 Å². The normalized spacial score (nSPS) is 11.4. The Labute approximate surface area is 171 Å². The lowest BCUT2D eigenvalue weighted by Crippen LogP contribution is -2.26. The summed E-state index contributed by atoms with van der Waals surface area (Å²) in [6.07, 6.45) is 0. The van der Waals surface area contributed by atoms with Crippen molar-refractivity contribution in [2.24, 2.45) is 0 Å². The lowest BCUT2D eigenvalue weighted by atomic mass is 10.1. The van der Waals surface area contributed by atoms with Crippen molar-refractivity contribution in [3.63, 3.8) is 0 Å². The minimum absolute atomic E-state index is 0.148. The fourth-order valence-electron chi connectivity index (χ4n) is 2.63. The number of rotatable bonds is 6. The summed E-state index contributed by atoms with van der Waals surface area (Å²) >= 11 is 1.15. The van der Waals surface area contributed by atoms with E-state index >= 15 is 0 Å². The lowest BCUT2D eigenvalue weighted by Gasteiger charge is -2.14. The number of thiophene rings is 1. The summed E-state index contributed by atoms with van der Waals surface area (Å²) in [5, 5.41) is 8.76. The second-order valence-electron chi connectivity index (χ2n) is 6.20. The number of methoxy groups -OCH3 is 1. The van der Waals surface area contributed by atoms with Crippen molar-refractivity contribution < 1.29 is 18.7 Å². The summed E-state index contributed by atoms with van der Waals surface area (Å²) in [7, 11) is 1.39. The zero-order chi connectivity index (χ0) is 20.8. The molecule has 3 aromatic rings. The summed E-state index contributed by atoms with van der Waals surface area (Å²) in [4.78, 5) is 25.0. The van der Waals surface area contributed by atoms with Crippen LogP contribution in [0.5, 0.6) is 5.75 Å². The van der Waals surface area contributed by atoms with Crippen LogP contribution in [0.4, 0.5) is 19.9 Å². The molecule has 0 saturated carbocycles. The monoisotopic (exact) mass is 413 g/mol. The van der Waals surface area contributed by atoms with Crippen LogP contribution >= 0.6 is 11.3 Å².